The number of anilines is 2. The standard InChI is InChI=1S/C30H38F2N6O4/c1-6-7-11-29(3,12-10-19(2)39)37-26-25-23(13-21(16-33-25)27(40)38-17-30(31,32)18-38)35-28(36-26)34-15-20-8-9-22(41-4)14-24(20)42-5/h8-9,13-14,16H,6-7,10-12,15,17-18H2,1-5H3,(H2,34,35,36,37)/t29-/m1/s1. The molecule has 1 amide bonds. The average Bonchev–Trinajstić information content (AvgIpc) is 2.96. The molecule has 10 nitrogen and oxygen atoms in total. The number of benzene rings is 1. The first-order chi connectivity index (χ1) is 20.0. The summed E-state index contributed by atoms with van der Waals surface area (Å²) in [6.45, 7) is 4.81. The number of carbonyl (C=O) groups excluding carboxylic acids is 2. The van der Waals surface area contributed by atoms with Crippen molar-refractivity contribution in [3.05, 3.63) is 41.6 Å². The van der Waals surface area contributed by atoms with Gasteiger partial charge in [-0.1, -0.05) is 19.8 Å². The second-order valence-corrected chi connectivity index (χ2v) is 11.0. The fourth-order valence-corrected chi connectivity index (χ4v) is 4.87. The zero-order valence-corrected chi connectivity index (χ0v) is 24.7. The molecular weight excluding hydrogens is 546 g/mol. The van der Waals surface area contributed by atoms with E-state index in [0.29, 0.717) is 47.7 Å². The van der Waals surface area contributed by atoms with Gasteiger partial charge in [0.15, 0.2) is 5.82 Å². The highest BCUT2D eigenvalue weighted by Crippen LogP contribution is 2.32. The molecule has 2 N–H and O–H groups in total. The first-order valence-electron chi connectivity index (χ1n) is 14.0. The van der Waals surface area contributed by atoms with Crippen molar-refractivity contribution in [1.29, 1.82) is 0 Å². The number of amides is 1. The van der Waals surface area contributed by atoms with E-state index >= 15 is 0 Å². The molecule has 1 aromatic carbocycles. The Bertz CT molecular complexity index is 1440. The lowest BCUT2D eigenvalue weighted by molar-refractivity contribution is -0.117. The van der Waals surface area contributed by atoms with Crippen LogP contribution in [0, 0.1) is 0 Å². The monoisotopic (exact) mass is 584 g/mol. The summed E-state index contributed by atoms with van der Waals surface area (Å²) in [6, 6.07) is 7.02. The first kappa shape index (κ1) is 30.9. The zero-order chi connectivity index (χ0) is 30.5. The Kier molecular flexibility index (Phi) is 9.43. The number of ketones is 1. The summed E-state index contributed by atoms with van der Waals surface area (Å²) in [4.78, 5) is 39.7. The summed E-state index contributed by atoms with van der Waals surface area (Å²) >= 11 is 0. The normalized spacial score (nSPS) is 15.5. The number of rotatable bonds is 14. The number of unbranched alkanes of at least 4 members (excludes halogenated alkanes) is 1. The molecule has 0 saturated carbocycles. The molecule has 1 fully saturated rings. The molecule has 0 aliphatic carbocycles. The van der Waals surface area contributed by atoms with Crippen LogP contribution in [-0.2, 0) is 11.3 Å². The van der Waals surface area contributed by atoms with Crippen LogP contribution in [0.2, 0.25) is 0 Å². The molecule has 3 aromatic rings. The maximum atomic E-state index is 13.4. The summed E-state index contributed by atoms with van der Waals surface area (Å²) in [5, 5.41) is 6.76. The highest BCUT2D eigenvalue weighted by Gasteiger charge is 2.46. The molecule has 0 bridgehead atoms. The Morgan fingerprint density at radius 2 is 1.88 bits per heavy atom. The van der Waals surface area contributed by atoms with Gasteiger partial charge in [0, 0.05) is 36.3 Å². The maximum absolute atomic E-state index is 13.4. The molecule has 12 heteroatoms. The number of hydrogen-bond donors (Lipinski definition) is 2. The quantitative estimate of drug-likeness (QED) is 0.254. The lowest BCUT2D eigenvalue weighted by atomic mass is 9.89. The van der Waals surface area contributed by atoms with E-state index in [1.165, 1.54) is 6.20 Å². The van der Waals surface area contributed by atoms with Crippen LogP contribution in [0.15, 0.2) is 30.5 Å². The average molecular weight is 585 g/mol. The molecule has 1 aliphatic heterocycles. The van der Waals surface area contributed by atoms with E-state index in [2.05, 4.69) is 34.4 Å². The van der Waals surface area contributed by atoms with E-state index in [-0.39, 0.29) is 17.3 Å². The molecule has 1 atom stereocenters. The van der Waals surface area contributed by atoms with Gasteiger partial charge in [-0.25, -0.2) is 18.7 Å². The number of likely N-dealkylation sites (tertiary alicyclic amines) is 1. The number of alkyl halides is 2. The number of fused-ring (bicyclic) bond motifs is 1. The Morgan fingerprint density at radius 3 is 2.52 bits per heavy atom. The SMILES string of the molecule is CCCC[C@](C)(CCC(C)=O)Nc1nc(NCc2ccc(OC)cc2OC)nc2cc(C(=O)N3CC(F)(F)C3)cnc12. The van der Waals surface area contributed by atoms with Gasteiger partial charge in [0.25, 0.3) is 11.8 Å². The van der Waals surface area contributed by atoms with Crippen molar-refractivity contribution in [3.8, 4) is 11.5 Å². The van der Waals surface area contributed by atoms with E-state index in [4.69, 9.17) is 14.5 Å². The number of halogens is 2. The van der Waals surface area contributed by atoms with E-state index in [9.17, 15) is 18.4 Å². The van der Waals surface area contributed by atoms with Gasteiger partial charge in [-0.2, -0.15) is 4.98 Å². The topological polar surface area (TPSA) is 119 Å². The van der Waals surface area contributed by atoms with Crippen LogP contribution in [0.5, 0.6) is 11.5 Å². The van der Waals surface area contributed by atoms with Crippen molar-refractivity contribution < 1.29 is 27.8 Å². The number of ether oxygens (including phenoxy) is 2. The predicted molar refractivity (Wildman–Crippen MR) is 157 cm³/mol. The molecule has 42 heavy (non-hydrogen) atoms. The van der Waals surface area contributed by atoms with Crippen molar-refractivity contribution in [2.24, 2.45) is 0 Å². The Balaban J connectivity index is 1.70. The summed E-state index contributed by atoms with van der Waals surface area (Å²) in [5.41, 5.74) is 1.35. The number of methoxy groups -OCH3 is 2. The number of Topliss-reactive ketones (excluding diaryl/α,β-unsaturated/α-hetero) is 1. The minimum Gasteiger partial charge on any atom is -0.497 e. The Labute approximate surface area is 244 Å². The third-order valence-corrected chi connectivity index (χ3v) is 7.38. The molecule has 226 valence electrons. The molecule has 1 saturated heterocycles. The molecular formula is C30H38F2N6O4. The second kappa shape index (κ2) is 12.8. The van der Waals surface area contributed by atoms with Gasteiger partial charge < -0.3 is 29.8 Å². The minimum absolute atomic E-state index is 0.0979. The number of nitrogens with zero attached hydrogens (tertiary/aromatic N) is 4. The van der Waals surface area contributed by atoms with E-state index < -0.39 is 30.5 Å². The van der Waals surface area contributed by atoms with Gasteiger partial charge in [-0.15, -0.1) is 0 Å². The minimum atomic E-state index is -2.87. The van der Waals surface area contributed by atoms with Gasteiger partial charge in [0.2, 0.25) is 5.95 Å². The summed E-state index contributed by atoms with van der Waals surface area (Å²) in [5.74, 6) is -1.31. The van der Waals surface area contributed by atoms with Crippen LogP contribution < -0.4 is 20.1 Å². The number of aromatic nitrogens is 3. The Hall–Kier alpha value is -4.09. The summed E-state index contributed by atoms with van der Waals surface area (Å²) in [7, 11) is 3.15. The van der Waals surface area contributed by atoms with Crippen LogP contribution >= 0.6 is 0 Å². The number of carbonyl (C=O) groups is 2. The molecule has 0 unspecified atom stereocenters. The second-order valence-electron chi connectivity index (χ2n) is 11.0. The molecule has 2 aromatic heterocycles. The van der Waals surface area contributed by atoms with E-state index in [0.717, 1.165) is 29.7 Å². The highest BCUT2D eigenvalue weighted by atomic mass is 19.3. The largest absolute Gasteiger partial charge is 0.497 e. The van der Waals surface area contributed by atoms with Crippen LogP contribution in [0.3, 0.4) is 0 Å². The molecule has 0 spiro atoms. The number of hydrogen-bond acceptors (Lipinski definition) is 9. The van der Waals surface area contributed by atoms with E-state index in [1.807, 2.05) is 12.1 Å². The summed E-state index contributed by atoms with van der Waals surface area (Å²) < 4.78 is 37.6. The summed E-state index contributed by atoms with van der Waals surface area (Å²) in [6.07, 6.45) is 5.10. The van der Waals surface area contributed by atoms with Crippen molar-refractivity contribution in [2.45, 2.75) is 70.9 Å². The maximum Gasteiger partial charge on any atom is 0.282 e. The van der Waals surface area contributed by atoms with Crippen molar-refractivity contribution >= 4 is 34.5 Å². The Morgan fingerprint density at radius 1 is 1.12 bits per heavy atom. The van der Waals surface area contributed by atoms with Gasteiger partial charge >= 0.3 is 0 Å². The smallest absolute Gasteiger partial charge is 0.282 e. The molecule has 1 aliphatic rings. The van der Waals surface area contributed by atoms with Gasteiger partial charge in [0.05, 0.1) is 38.4 Å². The molecule has 4 rings (SSSR count). The van der Waals surface area contributed by atoms with E-state index in [1.54, 1.807) is 33.3 Å². The predicted octanol–water partition coefficient (Wildman–Crippen LogP) is 5.48. The van der Waals surface area contributed by atoms with Crippen molar-refractivity contribution in [3.63, 3.8) is 0 Å². The van der Waals surface area contributed by atoms with Gasteiger partial charge in [-0.3, -0.25) is 4.79 Å². The van der Waals surface area contributed by atoms with Gasteiger partial charge in [0.1, 0.15) is 22.8 Å². The third kappa shape index (κ3) is 7.40. The molecule has 3 heterocycles. The van der Waals surface area contributed by atoms with Crippen LogP contribution in [0.1, 0.15) is 68.8 Å². The zero-order valence-electron chi connectivity index (χ0n) is 24.7. The van der Waals surface area contributed by atoms with Crippen molar-refractivity contribution in [2.75, 3.05) is 37.9 Å². The lowest BCUT2D eigenvalue weighted by Gasteiger charge is -2.38. The van der Waals surface area contributed by atoms with Gasteiger partial charge in [-0.05, 0) is 44.9 Å². The van der Waals surface area contributed by atoms with Crippen LogP contribution in [0.4, 0.5) is 20.5 Å². The fraction of sp³-hybridized carbons (Fsp3) is 0.500. The fourth-order valence-electron chi connectivity index (χ4n) is 4.87. The van der Waals surface area contributed by atoms with Crippen LogP contribution in [-0.4, -0.2) is 70.3 Å². The number of nitrogens with one attached hydrogen (secondary N) is 2. The molecule has 0 radical (unpaired) electrons. The van der Waals surface area contributed by atoms with Crippen LogP contribution in [0.25, 0.3) is 11.0 Å². The lowest BCUT2D eigenvalue weighted by Crippen LogP contribution is -2.58. The number of pyridine rings is 1. The first-order valence-corrected chi connectivity index (χ1v) is 14.0. The highest BCUT2D eigenvalue weighted by molar-refractivity contribution is 5.98. The van der Waals surface area contributed by atoms with Crippen molar-refractivity contribution in [1.82, 2.24) is 19.9 Å². The third-order valence-electron chi connectivity index (χ3n) is 7.38.